The lowest BCUT2D eigenvalue weighted by Gasteiger charge is -2.41. The summed E-state index contributed by atoms with van der Waals surface area (Å²) in [6.07, 6.45) is 5.27. The molecular formula is C17H27BrN2. The fourth-order valence-corrected chi connectivity index (χ4v) is 3.97. The summed E-state index contributed by atoms with van der Waals surface area (Å²) >= 11 is 3.56. The summed E-state index contributed by atoms with van der Waals surface area (Å²) in [5.74, 6) is 1.54. The smallest absolute Gasteiger partial charge is 0.0234 e. The van der Waals surface area contributed by atoms with Gasteiger partial charge in [0.2, 0.25) is 0 Å². The molecule has 3 heteroatoms. The molecule has 1 fully saturated rings. The van der Waals surface area contributed by atoms with E-state index in [9.17, 15) is 0 Å². The van der Waals surface area contributed by atoms with Gasteiger partial charge in [0.05, 0.1) is 0 Å². The largest absolute Gasteiger partial charge is 0.330 e. The first kappa shape index (κ1) is 16.0. The fourth-order valence-electron chi connectivity index (χ4n) is 3.52. The first-order chi connectivity index (χ1) is 9.63. The molecule has 3 unspecified atom stereocenters. The number of hydrogen-bond acceptors (Lipinski definition) is 2. The molecule has 0 heterocycles. The van der Waals surface area contributed by atoms with E-state index in [4.69, 9.17) is 5.73 Å². The monoisotopic (exact) mass is 338 g/mol. The van der Waals surface area contributed by atoms with Gasteiger partial charge in [-0.2, -0.15) is 0 Å². The van der Waals surface area contributed by atoms with Crippen molar-refractivity contribution in [2.24, 2.45) is 17.6 Å². The van der Waals surface area contributed by atoms with Crippen molar-refractivity contribution in [2.45, 2.75) is 45.2 Å². The van der Waals surface area contributed by atoms with E-state index in [0.717, 1.165) is 23.5 Å². The van der Waals surface area contributed by atoms with E-state index in [2.05, 4.69) is 59.1 Å². The van der Waals surface area contributed by atoms with Crippen LogP contribution in [0, 0.1) is 11.8 Å². The summed E-state index contributed by atoms with van der Waals surface area (Å²) in [6, 6.07) is 9.26. The van der Waals surface area contributed by atoms with Crippen LogP contribution in [0.2, 0.25) is 0 Å². The second kappa shape index (κ2) is 7.58. The van der Waals surface area contributed by atoms with E-state index in [1.54, 1.807) is 0 Å². The Kier molecular flexibility index (Phi) is 6.06. The van der Waals surface area contributed by atoms with E-state index in [0.29, 0.717) is 12.0 Å². The fraction of sp³-hybridized carbons (Fsp3) is 0.647. The SMILES string of the molecule is CCC1CCC(CN)C(N(C)Cc2cccc(Br)c2)C1. The Hall–Kier alpha value is -0.380. The van der Waals surface area contributed by atoms with Crippen LogP contribution in [0.25, 0.3) is 0 Å². The van der Waals surface area contributed by atoms with E-state index in [1.807, 2.05) is 0 Å². The van der Waals surface area contributed by atoms with E-state index in [-0.39, 0.29) is 0 Å². The highest BCUT2D eigenvalue weighted by atomic mass is 79.9. The molecule has 0 aliphatic heterocycles. The molecule has 3 atom stereocenters. The average molecular weight is 339 g/mol. The van der Waals surface area contributed by atoms with Gasteiger partial charge in [-0.3, -0.25) is 4.90 Å². The summed E-state index contributed by atoms with van der Waals surface area (Å²) in [5, 5.41) is 0. The molecule has 20 heavy (non-hydrogen) atoms. The van der Waals surface area contributed by atoms with Crippen molar-refractivity contribution in [1.82, 2.24) is 4.90 Å². The second-order valence-electron chi connectivity index (χ2n) is 6.20. The van der Waals surface area contributed by atoms with E-state index >= 15 is 0 Å². The number of hydrogen-bond donors (Lipinski definition) is 1. The van der Waals surface area contributed by atoms with Crippen molar-refractivity contribution >= 4 is 15.9 Å². The van der Waals surface area contributed by atoms with Crippen molar-refractivity contribution in [1.29, 1.82) is 0 Å². The maximum absolute atomic E-state index is 6.00. The van der Waals surface area contributed by atoms with Gasteiger partial charge >= 0.3 is 0 Å². The first-order valence-electron chi connectivity index (χ1n) is 7.78. The Balaban J connectivity index is 2.03. The molecule has 2 N–H and O–H groups in total. The molecule has 0 aromatic heterocycles. The molecule has 0 amide bonds. The molecular weight excluding hydrogens is 312 g/mol. The van der Waals surface area contributed by atoms with Gasteiger partial charge in [0.25, 0.3) is 0 Å². The van der Waals surface area contributed by atoms with Crippen LogP contribution in [0.5, 0.6) is 0 Å². The van der Waals surface area contributed by atoms with Crippen molar-refractivity contribution in [3.05, 3.63) is 34.3 Å². The minimum Gasteiger partial charge on any atom is -0.330 e. The average Bonchev–Trinajstić information content (AvgIpc) is 2.46. The third-order valence-corrected chi connectivity index (χ3v) is 5.33. The van der Waals surface area contributed by atoms with Gasteiger partial charge in [0, 0.05) is 17.1 Å². The van der Waals surface area contributed by atoms with Crippen molar-refractivity contribution < 1.29 is 0 Å². The third-order valence-electron chi connectivity index (χ3n) is 4.83. The van der Waals surface area contributed by atoms with Crippen molar-refractivity contribution in [3.63, 3.8) is 0 Å². The van der Waals surface area contributed by atoms with Gasteiger partial charge < -0.3 is 5.73 Å². The molecule has 1 aliphatic carbocycles. The Bertz CT molecular complexity index is 421. The highest BCUT2D eigenvalue weighted by Gasteiger charge is 2.31. The number of rotatable bonds is 5. The lowest BCUT2D eigenvalue weighted by atomic mass is 9.76. The Morgan fingerprint density at radius 2 is 2.15 bits per heavy atom. The molecule has 112 valence electrons. The second-order valence-corrected chi connectivity index (χ2v) is 7.11. The van der Waals surface area contributed by atoms with Crippen LogP contribution < -0.4 is 5.73 Å². The maximum atomic E-state index is 6.00. The highest BCUT2D eigenvalue weighted by Crippen LogP contribution is 2.33. The number of benzene rings is 1. The molecule has 2 rings (SSSR count). The molecule has 0 spiro atoms. The van der Waals surface area contributed by atoms with Gasteiger partial charge in [-0.25, -0.2) is 0 Å². The zero-order valence-electron chi connectivity index (χ0n) is 12.7. The molecule has 0 bridgehead atoms. The summed E-state index contributed by atoms with van der Waals surface area (Å²) < 4.78 is 1.16. The molecule has 0 saturated heterocycles. The van der Waals surface area contributed by atoms with Gasteiger partial charge in [0.15, 0.2) is 0 Å². The van der Waals surface area contributed by atoms with Crippen LogP contribution in [0.1, 0.15) is 38.2 Å². The Morgan fingerprint density at radius 1 is 1.35 bits per heavy atom. The Morgan fingerprint density at radius 3 is 2.80 bits per heavy atom. The first-order valence-corrected chi connectivity index (χ1v) is 8.58. The lowest BCUT2D eigenvalue weighted by molar-refractivity contribution is 0.0965. The zero-order valence-corrected chi connectivity index (χ0v) is 14.3. The van der Waals surface area contributed by atoms with E-state index < -0.39 is 0 Å². The highest BCUT2D eigenvalue weighted by molar-refractivity contribution is 9.10. The quantitative estimate of drug-likeness (QED) is 0.877. The number of nitrogens with two attached hydrogens (primary N) is 1. The zero-order chi connectivity index (χ0) is 14.5. The van der Waals surface area contributed by atoms with Gasteiger partial charge in [-0.15, -0.1) is 0 Å². The minimum atomic E-state index is 0.637. The molecule has 1 aromatic carbocycles. The van der Waals surface area contributed by atoms with Crippen LogP contribution in [0.3, 0.4) is 0 Å². The van der Waals surface area contributed by atoms with Crippen LogP contribution in [-0.4, -0.2) is 24.5 Å². The molecule has 1 aliphatic rings. The number of halogens is 1. The normalized spacial score (nSPS) is 26.9. The molecule has 1 saturated carbocycles. The van der Waals surface area contributed by atoms with Crippen molar-refractivity contribution in [3.8, 4) is 0 Å². The van der Waals surface area contributed by atoms with E-state index in [1.165, 1.54) is 31.2 Å². The molecule has 1 aromatic rings. The molecule has 2 nitrogen and oxygen atoms in total. The standard InChI is InChI=1S/C17H27BrN2/c1-3-13-7-8-15(11-19)17(10-13)20(2)12-14-5-4-6-16(18)9-14/h4-6,9,13,15,17H,3,7-8,10-12,19H2,1-2H3. The molecule has 0 radical (unpaired) electrons. The summed E-state index contributed by atoms with van der Waals surface area (Å²) in [7, 11) is 2.26. The van der Waals surface area contributed by atoms with Crippen LogP contribution >= 0.6 is 15.9 Å². The Labute approximate surface area is 131 Å². The van der Waals surface area contributed by atoms with Crippen LogP contribution in [0.4, 0.5) is 0 Å². The van der Waals surface area contributed by atoms with Crippen LogP contribution in [0.15, 0.2) is 28.7 Å². The number of nitrogens with zero attached hydrogens (tertiary/aromatic N) is 1. The predicted molar refractivity (Wildman–Crippen MR) is 89.6 cm³/mol. The summed E-state index contributed by atoms with van der Waals surface area (Å²) in [4.78, 5) is 2.52. The summed E-state index contributed by atoms with van der Waals surface area (Å²) in [6.45, 7) is 4.15. The van der Waals surface area contributed by atoms with Gasteiger partial charge in [0.1, 0.15) is 0 Å². The minimum absolute atomic E-state index is 0.637. The van der Waals surface area contributed by atoms with Crippen molar-refractivity contribution in [2.75, 3.05) is 13.6 Å². The van der Waals surface area contributed by atoms with Crippen LogP contribution in [-0.2, 0) is 6.54 Å². The summed E-state index contributed by atoms with van der Waals surface area (Å²) in [5.41, 5.74) is 7.37. The third kappa shape index (κ3) is 4.06. The maximum Gasteiger partial charge on any atom is 0.0234 e. The van der Waals surface area contributed by atoms with Gasteiger partial charge in [-0.1, -0.05) is 47.8 Å². The lowest BCUT2D eigenvalue weighted by Crippen LogP contribution is -2.44. The van der Waals surface area contributed by atoms with Gasteiger partial charge in [-0.05, 0) is 56.0 Å². The predicted octanol–water partition coefficient (Wildman–Crippen LogP) is 4.03. The topological polar surface area (TPSA) is 29.3 Å².